The van der Waals surface area contributed by atoms with Gasteiger partial charge in [-0.2, -0.15) is 0 Å². The van der Waals surface area contributed by atoms with Gasteiger partial charge in [0.25, 0.3) is 0 Å². The number of aryl methyl sites for hydroxylation is 1. The zero-order chi connectivity index (χ0) is 27.0. The number of phenols is 2. The highest BCUT2D eigenvalue weighted by Crippen LogP contribution is 2.29. The number of phenolic OH excluding ortho intramolecular Hbond substituents is 2. The molecular formula is C33H40O4. The molecule has 0 aliphatic heterocycles. The summed E-state index contributed by atoms with van der Waals surface area (Å²) < 4.78 is 11.3. The van der Waals surface area contributed by atoms with Crippen LogP contribution in [0, 0.1) is 5.92 Å². The lowest BCUT2D eigenvalue weighted by molar-refractivity contribution is 0.446. The second kappa shape index (κ2) is 15.9. The molecule has 4 heteroatoms. The van der Waals surface area contributed by atoms with E-state index >= 15 is 0 Å². The third kappa shape index (κ3) is 10.3. The molecular weight excluding hydrogens is 460 g/mol. The Morgan fingerprint density at radius 3 is 1.41 bits per heavy atom. The molecule has 2 N–H and O–H groups in total. The average molecular weight is 501 g/mol. The van der Waals surface area contributed by atoms with Crippen LogP contribution in [0.2, 0.25) is 0 Å². The smallest absolute Gasteiger partial charge is 0.131 e. The fourth-order valence-corrected chi connectivity index (χ4v) is 3.56. The first kappa shape index (κ1) is 29.3. The highest BCUT2D eigenvalue weighted by molar-refractivity contribution is 5.43. The van der Waals surface area contributed by atoms with Crippen LogP contribution in [0.1, 0.15) is 52.2 Å². The molecule has 0 radical (unpaired) electrons. The van der Waals surface area contributed by atoms with Crippen LogP contribution >= 0.6 is 0 Å². The fourth-order valence-electron chi connectivity index (χ4n) is 3.56. The number of benzene rings is 4. The van der Waals surface area contributed by atoms with Gasteiger partial charge in [0.15, 0.2) is 0 Å². The standard InChI is InChI=1S/C16H18O2.C15H16O2.C2H6/c1-12(2)10-13-8-9-15(11-16(13)17)18-14-6-4-3-5-7-14;1-2-6-12-9-10-14(11-15(12)16)17-13-7-4-3-5-8-13;1-2/h3-9,11-12,17H,10H2,1-2H3;3-5,7-11,16H,2,6H2,1H3;1-2H3. The SMILES string of the molecule is CC.CC(C)Cc1ccc(Oc2ccccc2)cc1O.CCCc1ccc(Oc2ccccc2)cc1O. The van der Waals surface area contributed by atoms with Crippen molar-refractivity contribution >= 4 is 0 Å². The van der Waals surface area contributed by atoms with Crippen molar-refractivity contribution in [1.82, 2.24) is 0 Å². The van der Waals surface area contributed by atoms with Crippen LogP contribution in [0.4, 0.5) is 0 Å². The monoisotopic (exact) mass is 500 g/mol. The summed E-state index contributed by atoms with van der Waals surface area (Å²) in [6.07, 6.45) is 2.78. The number of hydrogen-bond acceptors (Lipinski definition) is 4. The summed E-state index contributed by atoms with van der Waals surface area (Å²) in [4.78, 5) is 0. The van der Waals surface area contributed by atoms with Crippen LogP contribution in [0.15, 0.2) is 97.1 Å². The third-order valence-electron chi connectivity index (χ3n) is 5.22. The van der Waals surface area contributed by atoms with Crippen LogP contribution < -0.4 is 9.47 Å². The molecule has 4 nitrogen and oxygen atoms in total. The summed E-state index contributed by atoms with van der Waals surface area (Å²) in [5, 5.41) is 19.8. The van der Waals surface area contributed by atoms with E-state index in [1.54, 1.807) is 12.1 Å². The van der Waals surface area contributed by atoms with Crippen molar-refractivity contribution < 1.29 is 19.7 Å². The number of aromatic hydroxyl groups is 2. The van der Waals surface area contributed by atoms with Gasteiger partial charge in [-0.05, 0) is 66.3 Å². The van der Waals surface area contributed by atoms with Gasteiger partial charge in [0.2, 0.25) is 0 Å². The van der Waals surface area contributed by atoms with Crippen molar-refractivity contribution in [2.24, 2.45) is 5.92 Å². The number of rotatable bonds is 8. The quantitative estimate of drug-likeness (QED) is 0.253. The molecule has 0 atom stereocenters. The van der Waals surface area contributed by atoms with Gasteiger partial charge in [-0.15, -0.1) is 0 Å². The summed E-state index contributed by atoms with van der Waals surface area (Å²) in [5.74, 6) is 4.00. The molecule has 0 spiro atoms. The first-order chi connectivity index (χ1) is 17.9. The van der Waals surface area contributed by atoms with Gasteiger partial charge < -0.3 is 19.7 Å². The summed E-state index contributed by atoms with van der Waals surface area (Å²) in [6, 6.07) is 30.1. The van der Waals surface area contributed by atoms with Crippen molar-refractivity contribution in [3.8, 4) is 34.5 Å². The van der Waals surface area contributed by atoms with E-state index in [4.69, 9.17) is 9.47 Å². The lowest BCUT2D eigenvalue weighted by atomic mass is 10.0. The van der Waals surface area contributed by atoms with E-state index in [1.807, 2.05) is 98.8 Å². The lowest BCUT2D eigenvalue weighted by Crippen LogP contribution is -1.94. The van der Waals surface area contributed by atoms with Gasteiger partial charge in [0.1, 0.15) is 34.5 Å². The summed E-state index contributed by atoms with van der Waals surface area (Å²) in [6.45, 7) is 10.4. The minimum atomic E-state index is 0.303. The zero-order valence-electron chi connectivity index (χ0n) is 22.6. The third-order valence-corrected chi connectivity index (χ3v) is 5.22. The molecule has 0 saturated carbocycles. The average Bonchev–Trinajstić information content (AvgIpc) is 2.90. The predicted octanol–water partition coefficient (Wildman–Crippen LogP) is 9.55. The molecule has 0 amide bonds. The Morgan fingerprint density at radius 1 is 0.595 bits per heavy atom. The van der Waals surface area contributed by atoms with Gasteiger partial charge >= 0.3 is 0 Å². The molecule has 0 unspecified atom stereocenters. The topological polar surface area (TPSA) is 58.9 Å². The Hall–Kier alpha value is -3.92. The van der Waals surface area contributed by atoms with Crippen LogP contribution in [0.25, 0.3) is 0 Å². The van der Waals surface area contributed by atoms with E-state index in [1.165, 1.54) is 0 Å². The molecule has 4 aromatic carbocycles. The second-order valence-electron chi connectivity index (χ2n) is 8.76. The summed E-state index contributed by atoms with van der Waals surface area (Å²) in [5.41, 5.74) is 1.93. The molecule has 37 heavy (non-hydrogen) atoms. The van der Waals surface area contributed by atoms with Crippen molar-refractivity contribution in [1.29, 1.82) is 0 Å². The van der Waals surface area contributed by atoms with Crippen molar-refractivity contribution in [2.75, 3.05) is 0 Å². The number of hydrogen-bond donors (Lipinski definition) is 2. The first-order valence-electron chi connectivity index (χ1n) is 13.0. The molecule has 0 aliphatic rings. The van der Waals surface area contributed by atoms with Gasteiger partial charge in [0, 0.05) is 12.1 Å². The van der Waals surface area contributed by atoms with Crippen LogP contribution in [0.5, 0.6) is 34.5 Å². The van der Waals surface area contributed by atoms with E-state index in [9.17, 15) is 10.2 Å². The maximum atomic E-state index is 9.94. The zero-order valence-corrected chi connectivity index (χ0v) is 22.6. The fraction of sp³-hybridized carbons (Fsp3) is 0.273. The van der Waals surface area contributed by atoms with Crippen LogP contribution in [-0.2, 0) is 12.8 Å². The molecule has 4 rings (SSSR count). The van der Waals surface area contributed by atoms with Gasteiger partial charge in [-0.1, -0.05) is 89.6 Å². The molecule has 0 aliphatic carbocycles. The normalized spacial score (nSPS) is 10.0. The van der Waals surface area contributed by atoms with E-state index in [0.717, 1.165) is 41.9 Å². The van der Waals surface area contributed by atoms with Crippen molar-refractivity contribution in [2.45, 2.75) is 53.9 Å². The molecule has 0 fully saturated rings. The minimum Gasteiger partial charge on any atom is -0.508 e. The van der Waals surface area contributed by atoms with E-state index < -0.39 is 0 Å². The Kier molecular flexibility index (Phi) is 12.6. The maximum Gasteiger partial charge on any atom is 0.131 e. The Bertz CT molecular complexity index is 1170. The predicted molar refractivity (Wildman–Crippen MR) is 153 cm³/mol. The molecule has 4 aromatic rings. The molecule has 0 bridgehead atoms. The maximum absolute atomic E-state index is 9.94. The Morgan fingerprint density at radius 2 is 1.03 bits per heavy atom. The number of para-hydroxylation sites is 2. The molecule has 0 aromatic heterocycles. The van der Waals surface area contributed by atoms with Crippen molar-refractivity contribution in [3.63, 3.8) is 0 Å². The van der Waals surface area contributed by atoms with Crippen LogP contribution in [0.3, 0.4) is 0 Å². The van der Waals surface area contributed by atoms with Gasteiger partial charge in [0.05, 0.1) is 0 Å². The van der Waals surface area contributed by atoms with Crippen LogP contribution in [-0.4, -0.2) is 10.2 Å². The molecule has 196 valence electrons. The summed E-state index contributed by atoms with van der Waals surface area (Å²) in [7, 11) is 0. The highest BCUT2D eigenvalue weighted by atomic mass is 16.5. The van der Waals surface area contributed by atoms with Gasteiger partial charge in [-0.25, -0.2) is 0 Å². The number of ether oxygens (including phenoxy) is 2. The minimum absolute atomic E-state index is 0.303. The summed E-state index contributed by atoms with van der Waals surface area (Å²) >= 11 is 0. The van der Waals surface area contributed by atoms with E-state index in [2.05, 4.69) is 20.8 Å². The first-order valence-corrected chi connectivity index (χ1v) is 13.0. The second-order valence-corrected chi connectivity index (χ2v) is 8.76. The largest absolute Gasteiger partial charge is 0.508 e. The van der Waals surface area contributed by atoms with E-state index in [0.29, 0.717) is 28.9 Å². The van der Waals surface area contributed by atoms with Gasteiger partial charge in [-0.3, -0.25) is 0 Å². The van der Waals surface area contributed by atoms with Crippen molar-refractivity contribution in [3.05, 3.63) is 108 Å². The van der Waals surface area contributed by atoms with E-state index in [-0.39, 0.29) is 0 Å². The lowest BCUT2D eigenvalue weighted by Gasteiger charge is -2.10. The molecule has 0 heterocycles. The Balaban J connectivity index is 0.000000244. The highest BCUT2D eigenvalue weighted by Gasteiger charge is 2.06. The molecule has 0 saturated heterocycles. The Labute approximate surface area is 222 Å².